The highest BCUT2D eigenvalue weighted by molar-refractivity contribution is 5.92. The van der Waals surface area contributed by atoms with E-state index in [1.807, 2.05) is 6.92 Å². The van der Waals surface area contributed by atoms with Gasteiger partial charge in [0.05, 0.1) is 6.10 Å². The minimum Gasteiger partial charge on any atom is -0.393 e. The van der Waals surface area contributed by atoms with E-state index < -0.39 is 11.0 Å². The minimum absolute atomic E-state index is 0.0200. The molecule has 4 rings (SSSR count). The van der Waals surface area contributed by atoms with Crippen LogP contribution >= 0.6 is 0 Å². The lowest BCUT2D eigenvalue weighted by Gasteiger charge is -2.63. The van der Waals surface area contributed by atoms with Gasteiger partial charge in [-0.15, -0.1) is 0 Å². The highest BCUT2D eigenvalue weighted by Gasteiger charge is 2.66. The average Bonchev–Trinajstić information content (AvgIpc) is 2.52. The van der Waals surface area contributed by atoms with Crippen molar-refractivity contribution in [3.8, 4) is 0 Å². The molecule has 8 atom stereocenters. The van der Waals surface area contributed by atoms with Gasteiger partial charge in [-0.25, -0.2) is 0 Å². The second-order valence-electron chi connectivity index (χ2n) is 10.1. The maximum absolute atomic E-state index is 13.3. The number of carbonyl (C=O) groups is 2. The summed E-state index contributed by atoms with van der Waals surface area (Å²) >= 11 is 0. The van der Waals surface area contributed by atoms with Crippen molar-refractivity contribution >= 4 is 11.6 Å². The van der Waals surface area contributed by atoms with E-state index in [-0.39, 0.29) is 40.8 Å². The van der Waals surface area contributed by atoms with Gasteiger partial charge in [0.1, 0.15) is 11.4 Å². The quantitative estimate of drug-likeness (QED) is 0.706. The first-order valence-corrected chi connectivity index (χ1v) is 10.1. The van der Waals surface area contributed by atoms with Gasteiger partial charge in [-0.3, -0.25) is 9.59 Å². The van der Waals surface area contributed by atoms with Crippen LogP contribution in [0, 0.1) is 34.5 Å². The predicted molar refractivity (Wildman–Crippen MR) is 93.8 cm³/mol. The largest absolute Gasteiger partial charge is 0.393 e. The molecule has 0 aliphatic heterocycles. The van der Waals surface area contributed by atoms with Crippen molar-refractivity contribution in [1.82, 2.24) is 0 Å². The van der Waals surface area contributed by atoms with E-state index in [1.165, 1.54) is 0 Å². The monoisotopic (exact) mass is 348 g/mol. The first-order valence-electron chi connectivity index (χ1n) is 10.1. The molecule has 0 unspecified atom stereocenters. The Morgan fingerprint density at radius 1 is 1.04 bits per heavy atom. The van der Waals surface area contributed by atoms with Crippen LogP contribution in [-0.2, 0) is 9.59 Å². The summed E-state index contributed by atoms with van der Waals surface area (Å²) < 4.78 is 0. The third kappa shape index (κ3) is 2.19. The number of aliphatic hydroxyl groups is 2. The zero-order valence-corrected chi connectivity index (χ0v) is 15.8. The second kappa shape index (κ2) is 5.39. The first kappa shape index (κ1) is 17.7. The molecule has 4 heteroatoms. The van der Waals surface area contributed by atoms with Gasteiger partial charge in [0.25, 0.3) is 0 Å². The van der Waals surface area contributed by atoms with Crippen LogP contribution in [0.25, 0.3) is 0 Å². The van der Waals surface area contributed by atoms with Crippen molar-refractivity contribution in [3.63, 3.8) is 0 Å². The summed E-state index contributed by atoms with van der Waals surface area (Å²) in [5.74, 6) is 1.15. The van der Waals surface area contributed by atoms with Gasteiger partial charge in [-0.05, 0) is 68.6 Å². The number of hydrogen-bond acceptors (Lipinski definition) is 4. The lowest BCUT2D eigenvalue weighted by atomic mass is 9.40. The topological polar surface area (TPSA) is 74.6 Å². The number of aliphatic hydroxyl groups excluding tert-OH is 1. The number of fused-ring (bicyclic) bond motifs is 5. The standard InChI is InChI=1S/C21H32O4/c1-19-9-8-13(22)10-12(19)4-5-14-15-6-7-17(24)21(3,25)20(15,2)11-16(23)18(14)19/h12-15,18,22,25H,4-11H2,1-3H3/t12-,13-,14-,15+,18+,19-,20+,21+/m0/s1. The average molecular weight is 348 g/mol. The first-order chi connectivity index (χ1) is 11.6. The Bertz CT molecular complexity index is 611. The Hall–Kier alpha value is -0.740. The number of hydrogen-bond donors (Lipinski definition) is 2. The molecule has 0 aromatic carbocycles. The maximum Gasteiger partial charge on any atom is 0.164 e. The summed E-state index contributed by atoms with van der Waals surface area (Å²) in [6, 6.07) is 0. The molecule has 0 amide bonds. The van der Waals surface area contributed by atoms with E-state index in [4.69, 9.17) is 0 Å². The third-order valence-corrected chi connectivity index (χ3v) is 9.05. The van der Waals surface area contributed by atoms with Crippen LogP contribution in [-0.4, -0.2) is 33.5 Å². The number of rotatable bonds is 0. The van der Waals surface area contributed by atoms with Crippen molar-refractivity contribution < 1.29 is 19.8 Å². The highest BCUT2D eigenvalue weighted by atomic mass is 16.3. The van der Waals surface area contributed by atoms with Crippen molar-refractivity contribution in [1.29, 1.82) is 0 Å². The molecule has 0 bridgehead atoms. The van der Waals surface area contributed by atoms with Crippen LogP contribution in [0.5, 0.6) is 0 Å². The SMILES string of the molecule is C[C@]12CC[C@H](O)C[C@@H]1CC[C@H]1[C@H]3CCC(=O)[C@@](C)(O)[C@]3(C)CC(=O)[C@@H]12. The normalized spacial score (nSPS) is 56.0. The Kier molecular flexibility index (Phi) is 3.81. The van der Waals surface area contributed by atoms with Gasteiger partial charge in [0, 0.05) is 24.2 Å². The maximum atomic E-state index is 13.3. The fourth-order valence-corrected chi connectivity index (χ4v) is 7.33. The van der Waals surface area contributed by atoms with Crippen LogP contribution in [0.15, 0.2) is 0 Å². The van der Waals surface area contributed by atoms with E-state index in [1.54, 1.807) is 6.92 Å². The molecule has 0 heterocycles. The van der Waals surface area contributed by atoms with E-state index in [0.29, 0.717) is 18.8 Å². The molecule has 0 spiro atoms. The molecule has 4 aliphatic carbocycles. The smallest absolute Gasteiger partial charge is 0.164 e. The Morgan fingerprint density at radius 3 is 2.48 bits per heavy atom. The van der Waals surface area contributed by atoms with Gasteiger partial charge in [-0.1, -0.05) is 13.8 Å². The lowest BCUT2D eigenvalue weighted by molar-refractivity contribution is -0.199. The number of Topliss-reactive ketones (excluding diaryl/α,β-unsaturated/α-hetero) is 2. The zero-order valence-electron chi connectivity index (χ0n) is 15.8. The second-order valence-corrected chi connectivity index (χ2v) is 10.1. The van der Waals surface area contributed by atoms with E-state index >= 15 is 0 Å². The fraction of sp³-hybridized carbons (Fsp3) is 0.905. The highest BCUT2D eigenvalue weighted by Crippen LogP contribution is 2.65. The van der Waals surface area contributed by atoms with E-state index in [2.05, 4.69) is 6.92 Å². The zero-order chi connectivity index (χ0) is 18.2. The Labute approximate surface area is 150 Å². The fourth-order valence-electron chi connectivity index (χ4n) is 7.33. The Balaban J connectivity index is 1.72. The molecule has 2 N–H and O–H groups in total. The summed E-state index contributed by atoms with van der Waals surface area (Å²) in [5, 5.41) is 21.1. The molecule has 0 aromatic heterocycles. The molecule has 0 saturated heterocycles. The molecule has 4 saturated carbocycles. The number of ketones is 2. The van der Waals surface area contributed by atoms with Gasteiger partial charge in [0.2, 0.25) is 0 Å². The number of carbonyl (C=O) groups excluding carboxylic acids is 2. The van der Waals surface area contributed by atoms with Gasteiger partial charge in [0.15, 0.2) is 5.78 Å². The molecule has 0 aromatic rings. The summed E-state index contributed by atoms with van der Waals surface area (Å²) in [6.07, 6.45) is 5.94. The summed E-state index contributed by atoms with van der Waals surface area (Å²) in [6.45, 7) is 5.88. The third-order valence-electron chi connectivity index (χ3n) is 9.05. The molecule has 4 fully saturated rings. The Morgan fingerprint density at radius 2 is 1.76 bits per heavy atom. The van der Waals surface area contributed by atoms with Crippen LogP contribution in [0.1, 0.15) is 72.1 Å². The van der Waals surface area contributed by atoms with Gasteiger partial charge >= 0.3 is 0 Å². The molecular weight excluding hydrogens is 316 g/mol. The molecule has 4 aliphatic rings. The van der Waals surface area contributed by atoms with Gasteiger partial charge < -0.3 is 10.2 Å². The molecule has 0 radical (unpaired) electrons. The van der Waals surface area contributed by atoms with Crippen LogP contribution in [0.3, 0.4) is 0 Å². The summed E-state index contributed by atoms with van der Waals surface area (Å²) in [5.41, 5.74) is -2.04. The van der Waals surface area contributed by atoms with Crippen molar-refractivity contribution in [2.24, 2.45) is 34.5 Å². The molecule has 25 heavy (non-hydrogen) atoms. The molecule has 140 valence electrons. The van der Waals surface area contributed by atoms with Crippen LogP contribution in [0.2, 0.25) is 0 Å². The van der Waals surface area contributed by atoms with Crippen LogP contribution < -0.4 is 0 Å². The van der Waals surface area contributed by atoms with Crippen molar-refractivity contribution in [2.75, 3.05) is 0 Å². The minimum atomic E-state index is -1.39. The van der Waals surface area contributed by atoms with Crippen LogP contribution in [0.4, 0.5) is 0 Å². The lowest BCUT2D eigenvalue weighted by Crippen LogP contribution is -2.66. The summed E-state index contributed by atoms with van der Waals surface area (Å²) in [4.78, 5) is 25.7. The molecular formula is C21H32O4. The molecule has 4 nitrogen and oxygen atoms in total. The predicted octanol–water partition coefficient (Wildman–Crippen LogP) is 2.89. The van der Waals surface area contributed by atoms with E-state index in [9.17, 15) is 19.8 Å². The summed E-state index contributed by atoms with van der Waals surface area (Å²) in [7, 11) is 0. The van der Waals surface area contributed by atoms with Gasteiger partial charge in [-0.2, -0.15) is 0 Å². The van der Waals surface area contributed by atoms with Crippen molar-refractivity contribution in [3.05, 3.63) is 0 Å². The van der Waals surface area contributed by atoms with E-state index in [0.717, 1.165) is 38.5 Å². The van der Waals surface area contributed by atoms with Crippen molar-refractivity contribution in [2.45, 2.75) is 83.8 Å².